The van der Waals surface area contributed by atoms with Crippen molar-refractivity contribution in [2.45, 2.75) is 25.4 Å². The van der Waals surface area contributed by atoms with Crippen molar-refractivity contribution >= 4 is 11.6 Å². The minimum atomic E-state index is -0.491. The van der Waals surface area contributed by atoms with Gasteiger partial charge in [0, 0.05) is 19.6 Å². The maximum absolute atomic E-state index is 13.0. The van der Waals surface area contributed by atoms with Gasteiger partial charge in [0.05, 0.1) is 11.4 Å². The van der Waals surface area contributed by atoms with Crippen LogP contribution in [0.1, 0.15) is 18.5 Å². The molecule has 0 N–H and O–H groups in total. The molecule has 90 valence electrons. The molecule has 1 amide bonds. The molecule has 0 aromatic carbocycles. The molecular formula is C12H13FN2O2. The number of hydrogen-bond acceptors (Lipinski definition) is 3. The molecule has 1 saturated heterocycles. The Kier molecular flexibility index (Phi) is 2.55. The number of anilines is 1. The Labute approximate surface area is 98.4 Å². The van der Waals surface area contributed by atoms with Gasteiger partial charge in [0.2, 0.25) is 5.95 Å². The number of ether oxygens (including phenoxy) is 1. The van der Waals surface area contributed by atoms with Gasteiger partial charge in [-0.3, -0.25) is 4.79 Å². The molecule has 1 aromatic heterocycles. The smallest absolute Gasteiger partial charge is 0.256 e. The second-order valence-electron chi connectivity index (χ2n) is 4.34. The molecule has 0 radical (unpaired) electrons. The number of pyridine rings is 1. The maximum atomic E-state index is 13.0. The summed E-state index contributed by atoms with van der Waals surface area (Å²) in [6, 6.07) is 2.91. The van der Waals surface area contributed by atoms with Crippen LogP contribution in [0.15, 0.2) is 12.1 Å². The lowest BCUT2D eigenvalue weighted by Gasteiger charge is -2.20. The molecule has 0 unspecified atom stereocenters. The summed E-state index contributed by atoms with van der Waals surface area (Å²) in [5, 5.41) is 0. The van der Waals surface area contributed by atoms with Gasteiger partial charge < -0.3 is 9.64 Å². The highest BCUT2D eigenvalue weighted by Crippen LogP contribution is 2.28. The minimum Gasteiger partial charge on any atom is -0.368 e. The monoisotopic (exact) mass is 236 g/mol. The van der Waals surface area contributed by atoms with Gasteiger partial charge in [-0.25, -0.2) is 4.98 Å². The van der Waals surface area contributed by atoms with Crippen molar-refractivity contribution in [2.75, 3.05) is 18.1 Å². The van der Waals surface area contributed by atoms with Crippen LogP contribution in [0.25, 0.3) is 0 Å². The fourth-order valence-electron chi connectivity index (χ4n) is 2.41. The van der Waals surface area contributed by atoms with Crippen molar-refractivity contribution in [1.29, 1.82) is 0 Å². The molecule has 0 saturated carbocycles. The van der Waals surface area contributed by atoms with E-state index in [1.807, 2.05) is 0 Å². The largest absolute Gasteiger partial charge is 0.368 e. The Bertz CT molecular complexity index is 458. The molecule has 4 nitrogen and oxygen atoms in total. The molecule has 0 bridgehead atoms. The van der Waals surface area contributed by atoms with Crippen LogP contribution < -0.4 is 4.90 Å². The first-order valence-electron chi connectivity index (χ1n) is 5.84. The molecule has 17 heavy (non-hydrogen) atoms. The van der Waals surface area contributed by atoms with E-state index in [9.17, 15) is 9.18 Å². The van der Waals surface area contributed by atoms with Gasteiger partial charge in [0.15, 0.2) is 0 Å². The van der Waals surface area contributed by atoms with E-state index in [0.717, 1.165) is 18.5 Å². The van der Waals surface area contributed by atoms with Gasteiger partial charge in [0.1, 0.15) is 6.10 Å². The van der Waals surface area contributed by atoms with Crippen molar-refractivity contribution < 1.29 is 13.9 Å². The summed E-state index contributed by atoms with van der Waals surface area (Å²) in [5.41, 5.74) is 1.39. The van der Waals surface area contributed by atoms with E-state index in [-0.39, 0.29) is 12.0 Å². The summed E-state index contributed by atoms with van der Waals surface area (Å²) < 4.78 is 18.3. The lowest BCUT2D eigenvalue weighted by atomic mass is 10.2. The average Bonchev–Trinajstić information content (AvgIpc) is 2.96. The number of hydrogen-bond donors (Lipinski definition) is 0. The summed E-state index contributed by atoms with van der Waals surface area (Å²) in [5.74, 6) is -0.509. The Hall–Kier alpha value is -1.49. The normalized spacial score (nSPS) is 22.9. The van der Waals surface area contributed by atoms with E-state index in [1.165, 1.54) is 6.07 Å². The summed E-state index contributed by atoms with van der Waals surface area (Å²) >= 11 is 0. The van der Waals surface area contributed by atoms with E-state index in [0.29, 0.717) is 25.3 Å². The molecular weight excluding hydrogens is 223 g/mol. The fourth-order valence-corrected chi connectivity index (χ4v) is 2.41. The molecule has 2 aliphatic rings. The van der Waals surface area contributed by atoms with Crippen molar-refractivity contribution in [1.82, 2.24) is 4.98 Å². The van der Waals surface area contributed by atoms with E-state index < -0.39 is 5.95 Å². The molecule has 1 aromatic rings. The van der Waals surface area contributed by atoms with Gasteiger partial charge in [0.25, 0.3) is 5.91 Å². The lowest BCUT2D eigenvalue weighted by Crippen LogP contribution is -2.37. The summed E-state index contributed by atoms with van der Waals surface area (Å²) in [6.07, 6.45) is 2.00. The highest BCUT2D eigenvalue weighted by Gasteiger charge is 2.33. The summed E-state index contributed by atoms with van der Waals surface area (Å²) in [6.45, 7) is 1.23. The van der Waals surface area contributed by atoms with Gasteiger partial charge in [-0.05, 0) is 25.0 Å². The molecule has 1 atom stereocenters. The third-order valence-corrected chi connectivity index (χ3v) is 3.25. The Morgan fingerprint density at radius 3 is 3.18 bits per heavy atom. The third kappa shape index (κ3) is 1.80. The average molecular weight is 236 g/mol. The van der Waals surface area contributed by atoms with Gasteiger partial charge in [-0.2, -0.15) is 4.39 Å². The number of nitrogens with zero attached hydrogens (tertiary/aromatic N) is 2. The van der Waals surface area contributed by atoms with Crippen molar-refractivity contribution in [2.24, 2.45) is 0 Å². The topological polar surface area (TPSA) is 42.4 Å². The number of halogens is 1. The van der Waals surface area contributed by atoms with E-state index in [2.05, 4.69) is 4.98 Å². The lowest BCUT2D eigenvalue weighted by molar-refractivity contribution is -0.127. The summed E-state index contributed by atoms with van der Waals surface area (Å²) in [4.78, 5) is 17.7. The second-order valence-corrected chi connectivity index (χ2v) is 4.34. The van der Waals surface area contributed by atoms with Crippen molar-refractivity contribution in [3.05, 3.63) is 23.8 Å². The number of amides is 1. The highest BCUT2D eigenvalue weighted by molar-refractivity contribution is 5.98. The Balaban J connectivity index is 1.85. The zero-order valence-electron chi connectivity index (χ0n) is 9.36. The first-order valence-corrected chi connectivity index (χ1v) is 5.84. The number of carbonyl (C=O) groups excluding carboxylic acids is 1. The van der Waals surface area contributed by atoms with Crippen LogP contribution in [0, 0.1) is 5.95 Å². The molecule has 2 aliphatic heterocycles. The van der Waals surface area contributed by atoms with Crippen LogP contribution in [0.4, 0.5) is 10.1 Å². The van der Waals surface area contributed by atoms with Gasteiger partial charge in [-0.1, -0.05) is 0 Å². The van der Waals surface area contributed by atoms with Crippen LogP contribution in [0.3, 0.4) is 0 Å². The van der Waals surface area contributed by atoms with Crippen LogP contribution >= 0.6 is 0 Å². The Morgan fingerprint density at radius 1 is 1.53 bits per heavy atom. The van der Waals surface area contributed by atoms with Crippen LogP contribution in [0.5, 0.6) is 0 Å². The molecule has 1 fully saturated rings. The third-order valence-electron chi connectivity index (χ3n) is 3.25. The standard InChI is InChI=1S/C12H13FN2O2/c13-11-4-3-9-8(14-11)5-6-15(9)12(16)10-2-1-7-17-10/h3-4,10H,1-2,5-7H2/t10-/m1/s1. The molecule has 3 rings (SSSR count). The number of carbonyl (C=O) groups is 1. The summed E-state index contributed by atoms with van der Waals surface area (Å²) in [7, 11) is 0. The number of fused-ring (bicyclic) bond motifs is 1. The fraction of sp³-hybridized carbons (Fsp3) is 0.500. The number of rotatable bonds is 1. The molecule has 0 aliphatic carbocycles. The zero-order chi connectivity index (χ0) is 11.8. The van der Waals surface area contributed by atoms with Crippen LogP contribution in [0.2, 0.25) is 0 Å². The SMILES string of the molecule is O=C([C@H]1CCCO1)N1CCc2nc(F)ccc21. The van der Waals surface area contributed by atoms with Crippen molar-refractivity contribution in [3.63, 3.8) is 0 Å². The first-order chi connectivity index (χ1) is 8.25. The second kappa shape index (κ2) is 4.07. The molecule has 5 heteroatoms. The van der Waals surface area contributed by atoms with Crippen LogP contribution in [-0.4, -0.2) is 30.1 Å². The highest BCUT2D eigenvalue weighted by atomic mass is 19.1. The Morgan fingerprint density at radius 2 is 2.41 bits per heavy atom. The van der Waals surface area contributed by atoms with Gasteiger partial charge >= 0.3 is 0 Å². The zero-order valence-corrected chi connectivity index (χ0v) is 9.36. The van der Waals surface area contributed by atoms with Crippen LogP contribution in [-0.2, 0) is 16.0 Å². The van der Waals surface area contributed by atoms with E-state index in [4.69, 9.17) is 4.74 Å². The maximum Gasteiger partial charge on any atom is 0.256 e. The van der Waals surface area contributed by atoms with Crippen molar-refractivity contribution in [3.8, 4) is 0 Å². The minimum absolute atomic E-state index is 0.0188. The predicted octanol–water partition coefficient (Wildman–Crippen LogP) is 1.29. The number of aromatic nitrogens is 1. The van der Waals surface area contributed by atoms with Gasteiger partial charge in [-0.15, -0.1) is 0 Å². The van der Waals surface area contributed by atoms with E-state index >= 15 is 0 Å². The first kappa shape index (κ1) is 10.7. The molecule has 0 spiro atoms. The van der Waals surface area contributed by atoms with E-state index in [1.54, 1.807) is 11.0 Å². The molecule has 3 heterocycles. The predicted molar refractivity (Wildman–Crippen MR) is 59.2 cm³/mol. The quantitative estimate of drug-likeness (QED) is 0.690.